The quantitative estimate of drug-likeness (QED) is 0.910. The number of aromatic nitrogens is 2. The molecule has 0 unspecified atom stereocenters. The van der Waals surface area contributed by atoms with Crippen LogP contribution in [0.25, 0.3) is 11.1 Å². The number of anilines is 1. The van der Waals surface area contributed by atoms with Gasteiger partial charge >= 0.3 is 6.18 Å². The summed E-state index contributed by atoms with van der Waals surface area (Å²) in [4.78, 5) is 0. The van der Waals surface area contributed by atoms with Gasteiger partial charge in [-0.1, -0.05) is 26.0 Å². The molecule has 1 heterocycles. The molecule has 0 saturated heterocycles. The number of halogens is 3. The highest BCUT2D eigenvalue weighted by Crippen LogP contribution is 2.37. The number of nitrogens with zero attached hydrogens (tertiary/aromatic N) is 2. The summed E-state index contributed by atoms with van der Waals surface area (Å²) in [5, 5.41) is 4.29. The fourth-order valence-electron chi connectivity index (χ4n) is 2.11. The SMILES string of the molecule is CC(C)c1nn(C)c(N)c1-c1cccc(C(F)(F)F)c1. The van der Waals surface area contributed by atoms with E-state index in [2.05, 4.69) is 5.10 Å². The van der Waals surface area contributed by atoms with Crippen molar-refractivity contribution in [3.63, 3.8) is 0 Å². The predicted molar refractivity (Wildman–Crippen MR) is 72.1 cm³/mol. The van der Waals surface area contributed by atoms with Gasteiger partial charge in [-0.15, -0.1) is 0 Å². The summed E-state index contributed by atoms with van der Waals surface area (Å²) < 4.78 is 39.9. The third-order valence-corrected chi connectivity index (χ3v) is 3.14. The van der Waals surface area contributed by atoms with E-state index in [9.17, 15) is 13.2 Å². The van der Waals surface area contributed by atoms with E-state index in [4.69, 9.17) is 5.73 Å². The van der Waals surface area contributed by atoms with Gasteiger partial charge in [0.25, 0.3) is 0 Å². The van der Waals surface area contributed by atoms with E-state index in [1.165, 1.54) is 10.7 Å². The van der Waals surface area contributed by atoms with E-state index in [0.717, 1.165) is 12.1 Å². The van der Waals surface area contributed by atoms with Crippen LogP contribution < -0.4 is 5.73 Å². The van der Waals surface area contributed by atoms with Gasteiger partial charge in [0.15, 0.2) is 0 Å². The zero-order valence-electron chi connectivity index (χ0n) is 11.5. The molecule has 2 aromatic rings. The average molecular weight is 283 g/mol. The highest BCUT2D eigenvalue weighted by atomic mass is 19.4. The van der Waals surface area contributed by atoms with Gasteiger partial charge in [0.1, 0.15) is 5.82 Å². The Labute approximate surface area is 115 Å². The summed E-state index contributed by atoms with van der Waals surface area (Å²) in [6.45, 7) is 3.86. The number of rotatable bonds is 2. The molecule has 0 fully saturated rings. The largest absolute Gasteiger partial charge is 0.416 e. The molecule has 0 aliphatic rings. The van der Waals surface area contributed by atoms with Crippen LogP contribution in [0.15, 0.2) is 24.3 Å². The van der Waals surface area contributed by atoms with E-state index in [0.29, 0.717) is 22.6 Å². The third-order valence-electron chi connectivity index (χ3n) is 3.14. The Hall–Kier alpha value is -1.98. The van der Waals surface area contributed by atoms with Crippen molar-refractivity contribution >= 4 is 5.82 Å². The molecule has 2 N–H and O–H groups in total. The van der Waals surface area contributed by atoms with Gasteiger partial charge in [0.05, 0.1) is 11.3 Å². The fourth-order valence-corrected chi connectivity index (χ4v) is 2.11. The van der Waals surface area contributed by atoms with Gasteiger partial charge in [-0.3, -0.25) is 4.68 Å². The summed E-state index contributed by atoms with van der Waals surface area (Å²) in [7, 11) is 1.68. The molecule has 0 bridgehead atoms. The second-order valence-electron chi connectivity index (χ2n) is 5.00. The maximum absolute atomic E-state index is 12.8. The van der Waals surface area contributed by atoms with Crippen molar-refractivity contribution in [1.29, 1.82) is 0 Å². The number of aryl methyl sites for hydroxylation is 1. The van der Waals surface area contributed by atoms with Gasteiger partial charge in [0, 0.05) is 12.6 Å². The van der Waals surface area contributed by atoms with E-state index in [1.54, 1.807) is 13.1 Å². The molecule has 0 radical (unpaired) electrons. The molecule has 108 valence electrons. The van der Waals surface area contributed by atoms with Gasteiger partial charge < -0.3 is 5.73 Å². The molecule has 2 rings (SSSR count). The Morgan fingerprint density at radius 1 is 1.25 bits per heavy atom. The summed E-state index contributed by atoms with van der Waals surface area (Å²) in [6, 6.07) is 5.16. The zero-order valence-corrected chi connectivity index (χ0v) is 11.5. The second kappa shape index (κ2) is 4.85. The third kappa shape index (κ3) is 2.50. The maximum atomic E-state index is 12.8. The van der Waals surface area contributed by atoms with Crippen molar-refractivity contribution in [2.75, 3.05) is 5.73 Å². The highest BCUT2D eigenvalue weighted by molar-refractivity contribution is 5.77. The predicted octanol–water partition coefficient (Wildman–Crippen LogP) is 3.81. The van der Waals surface area contributed by atoms with Gasteiger partial charge in [-0.2, -0.15) is 18.3 Å². The van der Waals surface area contributed by atoms with E-state index in [-0.39, 0.29) is 5.92 Å². The molecule has 0 spiro atoms. The Bertz CT molecular complexity index is 627. The molecular weight excluding hydrogens is 267 g/mol. The smallest absolute Gasteiger partial charge is 0.383 e. The molecule has 0 amide bonds. The lowest BCUT2D eigenvalue weighted by atomic mass is 9.97. The Morgan fingerprint density at radius 2 is 1.90 bits per heavy atom. The number of nitrogens with two attached hydrogens (primary N) is 1. The molecule has 6 heteroatoms. The number of hydrogen-bond acceptors (Lipinski definition) is 2. The zero-order chi connectivity index (χ0) is 15.1. The van der Waals surface area contributed by atoms with E-state index >= 15 is 0 Å². The molecule has 0 saturated carbocycles. The van der Waals surface area contributed by atoms with Gasteiger partial charge in [-0.05, 0) is 23.6 Å². The monoisotopic (exact) mass is 283 g/mol. The van der Waals surface area contributed by atoms with Crippen LogP contribution in [-0.2, 0) is 13.2 Å². The molecule has 0 atom stereocenters. The number of hydrogen-bond donors (Lipinski definition) is 1. The van der Waals surface area contributed by atoms with Crippen molar-refractivity contribution < 1.29 is 13.2 Å². The van der Waals surface area contributed by atoms with Crippen LogP contribution >= 0.6 is 0 Å². The lowest BCUT2D eigenvalue weighted by Gasteiger charge is -2.10. The molecule has 1 aromatic carbocycles. The average Bonchev–Trinajstić information content (AvgIpc) is 2.65. The highest BCUT2D eigenvalue weighted by Gasteiger charge is 2.31. The van der Waals surface area contributed by atoms with Crippen molar-refractivity contribution in [1.82, 2.24) is 9.78 Å². The minimum Gasteiger partial charge on any atom is -0.383 e. The molecule has 3 nitrogen and oxygen atoms in total. The first-order chi connectivity index (χ1) is 9.21. The van der Waals surface area contributed by atoms with Crippen LogP contribution in [0.5, 0.6) is 0 Å². The first-order valence-corrected chi connectivity index (χ1v) is 6.21. The van der Waals surface area contributed by atoms with Crippen molar-refractivity contribution in [2.24, 2.45) is 7.05 Å². The topological polar surface area (TPSA) is 43.8 Å². The Kier molecular flexibility index (Phi) is 3.50. The van der Waals surface area contributed by atoms with Crippen LogP contribution in [0.4, 0.5) is 19.0 Å². The Balaban J connectivity index is 2.63. The second-order valence-corrected chi connectivity index (χ2v) is 5.00. The summed E-state index contributed by atoms with van der Waals surface area (Å²) >= 11 is 0. The number of alkyl halides is 3. The molecule has 0 aliphatic carbocycles. The maximum Gasteiger partial charge on any atom is 0.416 e. The molecule has 20 heavy (non-hydrogen) atoms. The lowest BCUT2D eigenvalue weighted by Crippen LogP contribution is -2.05. The number of benzene rings is 1. The van der Waals surface area contributed by atoms with Crippen molar-refractivity contribution in [3.05, 3.63) is 35.5 Å². The van der Waals surface area contributed by atoms with Crippen molar-refractivity contribution in [3.8, 4) is 11.1 Å². The lowest BCUT2D eigenvalue weighted by molar-refractivity contribution is -0.137. The van der Waals surface area contributed by atoms with Crippen molar-refractivity contribution in [2.45, 2.75) is 25.9 Å². The minimum absolute atomic E-state index is 0.0723. The number of nitrogen functional groups attached to an aromatic ring is 1. The van der Waals surface area contributed by atoms with Crippen LogP contribution in [0.2, 0.25) is 0 Å². The first-order valence-electron chi connectivity index (χ1n) is 6.21. The fraction of sp³-hybridized carbons (Fsp3) is 0.357. The van der Waals surface area contributed by atoms with E-state index < -0.39 is 11.7 Å². The van der Waals surface area contributed by atoms with Gasteiger partial charge in [0.2, 0.25) is 0 Å². The minimum atomic E-state index is -4.37. The molecule has 1 aromatic heterocycles. The van der Waals surface area contributed by atoms with E-state index in [1.807, 2.05) is 13.8 Å². The molecule has 0 aliphatic heterocycles. The summed E-state index contributed by atoms with van der Waals surface area (Å²) in [5.41, 5.74) is 6.98. The van der Waals surface area contributed by atoms with Gasteiger partial charge in [-0.25, -0.2) is 0 Å². The normalized spacial score (nSPS) is 12.2. The van der Waals surface area contributed by atoms with Crippen LogP contribution in [0, 0.1) is 0 Å². The standard InChI is InChI=1S/C14H16F3N3/c1-8(2)12-11(13(18)20(3)19-12)9-5-4-6-10(7-9)14(15,16)17/h4-8H,18H2,1-3H3. The molecular formula is C14H16F3N3. The summed E-state index contributed by atoms with van der Waals surface area (Å²) in [5.74, 6) is 0.441. The first kappa shape index (κ1) is 14.4. The van der Waals surface area contributed by atoms with Crippen LogP contribution in [0.1, 0.15) is 31.0 Å². The Morgan fingerprint density at radius 3 is 2.45 bits per heavy atom. The van der Waals surface area contributed by atoms with Crippen LogP contribution in [0.3, 0.4) is 0 Å². The summed E-state index contributed by atoms with van der Waals surface area (Å²) in [6.07, 6.45) is -4.37. The van der Waals surface area contributed by atoms with Crippen LogP contribution in [-0.4, -0.2) is 9.78 Å².